The van der Waals surface area contributed by atoms with Crippen molar-refractivity contribution in [2.24, 2.45) is 18.1 Å². The SMILES string of the molecule is C.Cn1c(-c2ccccc2)nc2c(N[C@@H]3C[C@@H](COS(N)(=O)=O)[C@@H](O)C3)ncnc21. The van der Waals surface area contributed by atoms with Crippen LogP contribution < -0.4 is 10.5 Å². The zero-order chi connectivity index (χ0) is 20.6. The van der Waals surface area contributed by atoms with E-state index < -0.39 is 16.4 Å². The molecule has 0 bridgehead atoms. The number of fused-ring (bicyclic) bond motifs is 1. The van der Waals surface area contributed by atoms with E-state index in [0.29, 0.717) is 29.8 Å². The van der Waals surface area contributed by atoms with Crippen LogP contribution in [0.4, 0.5) is 5.82 Å². The van der Waals surface area contributed by atoms with E-state index in [4.69, 9.17) is 10.1 Å². The van der Waals surface area contributed by atoms with Crippen LogP contribution in [0.1, 0.15) is 20.3 Å². The van der Waals surface area contributed by atoms with Gasteiger partial charge in [-0.1, -0.05) is 37.8 Å². The van der Waals surface area contributed by atoms with Gasteiger partial charge in [-0.3, -0.25) is 4.18 Å². The third-order valence-electron chi connectivity index (χ3n) is 5.13. The summed E-state index contributed by atoms with van der Waals surface area (Å²) >= 11 is 0. The lowest BCUT2D eigenvalue weighted by molar-refractivity contribution is 0.101. The summed E-state index contributed by atoms with van der Waals surface area (Å²) in [7, 11) is -2.14. The van der Waals surface area contributed by atoms with Crippen LogP contribution in [-0.4, -0.2) is 51.8 Å². The zero-order valence-electron chi connectivity index (χ0n) is 15.8. The van der Waals surface area contributed by atoms with Gasteiger partial charge in [-0.05, 0) is 12.8 Å². The van der Waals surface area contributed by atoms with Crippen LogP contribution in [-0.2, 0) is 21.5 Å². The molecular formula is C19H26N6O4S. The van der Waals surface area contributed by atoms with Crippen LogP contribution in [0.5, 0.6) is 0 Å². The Balaban J connectivity index is 0.00000256. The molecule has 0 aliphatic heterocycles. The highest BCUT2D eigenvalue weighted by molar-refractivity contribution is 7.84. The number of imidazole rings is 1. The highest BCUT2D eigenvalue weighted by Gasteiger charge is 2.34. The van der Waals surface area contributed by atoms with Gasteiger partial charge in [-0.2, -0.15) is 8.42 Å². The van der Waals surface area contributed by atoms with Gasteiger partial charge < -0.3 is 15.0 Å². The van der Waals surface area contributed by atoms with Crippen LogP contribution in [0.25, 0.3) is 22.6 Å². The first-order chi connectivity index (χ1) is 13.8. The Labute approximate surface area is 175 Å². The molecule has 3 aromatic rings. The topological polar surface area (TPSA) is 145 Å². The first-order valence-corrected chi connectivity index (χ1v) is 10.6. The molecule has 0 radical (unpaired) electrons. The monoisotopic (exact) mass is 434 g/mol. The lowest BCUT2D eigenvalue weighted by Gasteiger charge is -2.13. The van der Waals surface area contributed by atoms with E-state index in [2.05, 4.69) is 19.5 Å². The average Bonchev–Trinajstić information content (AvgIpc) is 3.21. The molecule has 1 saturated carbocycles. The summed E-state index contributed by atoms with van der Waals surface area (Å²) in [4.78, 5) is 13.4. The predicted octanol–water partition coefficient (Wildman–Crippen LogP) is 1.44. The standard InChI is InChI=1S/C18H22N6O4S.CH4/c1-24-17(11-5-3-2-4-6-11)23-15-16(20-10-21-18(15)24)22-13-7-12(14(25)8-13)9-28-29(19,26)27;/h2-6,10,12-14,25H,7-9H2,1H3,(H2,19,26,27)(H,20,21,22);1H4/t12-,13+,14-;/m0./s1. The third kappa shape index (κ3) is 4.59. The number of hydrogen-bond donors (Lipinski definition) is 3. The number of aryl methyl sites for hydroxylation is 1. The molecule has 1 aliphatic carbocycles. The van der Waals surface area contributed by atoms with Crippen LogP contribution in [0.2, 0.25) is 0 Å². The zero-order valence-corrected chi connectivity index (χ0v) is 16.6. The molecule has 1 aliphatic rings. The van der Waals surface area contributed by atoms with Gasteiger partial charge in [0.2, 0.25) is 0 Å². The summed E-state index contributed by atoms with van der Waals surface area (Å²) in [6.07, 6.45) is 1.71. The number of nitrogens with two attached hydrogens (primary N) is 1. The fourth-order valence-corrected chi connectivity index (χ4v) is 4.09. The first kappa shape index (κ1) is 22.1. The number of nitrogens with one attached hydrogen (secondary N) is 1. The molecule has 4 rings (SSSR count). The summed E-state index contributed by atoms with van der Waals surface area (Å²) < 4.78 is 28.5. The Morgan fingerprint density at radius 2 is 2.00 bits per heavy atom. The molecule has 30 heavy (non-hydrogen) atoms. The smallest absolute Gasteiger partial charge is 0.333 e. The summed E-state index contributed by atoms with van der Waals surface area (Å²) in [6.45, 7) is -0.154. The van der Waals surface area contributed by atoms with Crippen molar-refractivity contribution in [1.29, 1.82) is 0 Å². The predicted molar refractivity (Wildman–Crippen MR) is 114 cm³/mol. The minimum Gasteiger partial charge on any atom is -0.393 e. The fraction of sp³-hybridized carbons (Fsp3) is 0.421. The Kier molecular flexibility index (Phi) is 6.36. The Morgan fingerprint density at radius 3 is 2.70 bits per heavy atom. The van der Waals surface area contributed by atoms with E-state index in [1.807, 2.05) is 41.9 Å². The maximum Gasteiger partial charge on any atom is 0.333 e. The molecule has 1 fully saturated rings. The lowest BCUT2D eigenvalue weighted by Crippen LogP contribution is -2.24. The van der Waals surface area contributed by atoms with Crippen molar-refractivity contribution in [3.8, 4) is 11.4 Å². The Hall–Kier alpha value is -2.60. The minimum atomic E-state index is -4.03. The second kappa shape index (κ2) is 8.64. The van der Waals surface area contributed by atoms with Gasteiger partial charge in [0.15, 0.2) is 17.0 Å². The largest absolute Gasteiger partial charge is 0.393 e. The van der Waals surface area contributed by atoms with Gasteiger partial charge >= 0.3 is 10.3 Å². The second-order valence-electron chi connectivity index (χ2n) is 7.17. The van der Waals surface area contributed by atoms with E-state index in [1.54, 1.807) is 0 Å². The number of rotatable bonds is 6. The molecule has 4 N–H and O–H groups in total. The lowest BCUT2D eigenvalue weighted by atomic mass is 10.1. The number of aliphatic hydroxyl groups is 1. The number of nitrogens with zero attached hydrogens (tertiary/aromatic N) is 4. The molecular weight excluding hydrogens is 408 g/mol. The quantitative estimate of drug-likeness (QED) is 0.528. The van der Waals surface area contributed by atoms with Crippen molar-refractivity contribution >= 4 is 27.3 Å². The number of benzene rings is 1. The molecule has 162 valence electrons. The van der Waals surface area contributed by atoms with Gasteiger partial charge in [0.25, 0.3) is 0 Å². The Bertz CT molecular complexity index is 1120. The van der Waals surface area contributed by atoms with Crippen LogP contribution in [0, 0.1) is 5.92 Å². The molecule has 10 nitrogen and oxygen atoms in total. The maximum absolute atomic E-state index is 11.0. The van der Waals surface area contributed by atoms with Crippen molar-refractivity contribution in [3.63, 3.8) is 0 Å². The van der Waals surface area contributed by atoms with E-state index in [9.17, 15) is 13.5 Å². The number of aromatic nitrogens is 4. The second-order valence-corrected chi connectivity index (χ2v) is 8.39. The van der Waals surface area contributed by atoms with E-state index in [-0.39, 0.29) is 26.0 Å². The third-order valence-corrected chi connectivity index (χ3v) is 5.60. The molecule has 2 heterocycles. The first-order valence-electron chi connectivity index (χ1n) is 9.16. The van der Waals surface area contributed by atoms with E-state index in [1.165, 1.54) is 6.33 Å². The van der Waals surface area contributed by atoms with Crippen molar-refractivity contribution in [3.05, 3.63) is 36.7 Å². The molecule has 1 aromatic carbocycles. The number of hydrogen-bond acceptors (Lipinski definition) is 8. The molecule has 0 unspecified atom stereocenters. The molecule has 0 spiro atoms. The highest BCUT2D eigenvalue weighted by atomic mass is 32.2. The van der Waals surface area contributed by atoms with Crippen molar-refractivity contribution in [2.75, 3.05) is 11.9 Å². The van der Waals surface area contributed by atoms with Gasteiger partial charge in [-0.15, -0.1) is 0 Å². The summed E-state index contributed by atoms with van der Waals surface area (Å²) in [5.41, 5.74) is 2.29. The van der Waals surface area contributed by atoms with Gasteiger partial charge in [0.1, 0.15) is 12.2 Å². The summed E-state index contributed by atoms with van der Waals surface area (Å²) in [5, 5.41) is 18.4. The normalized spacial score (nSPS) is 21.5. The van der Waals surface area contributed by atoms with Crippen LogP contribution in [0.3, 0.4) is 0 Å². The van der Waals surface area contributed by atoms with Crippen molar-refractivity contribution < 1.29 is 17.7 Å². The van der Waals surface area contributed by atoms with Crippen molar-refractivity contribution in [1.82, 2.24) is 19.5 Å². The van der Waals surface area contributed by atoms with Gasteiger partial charge in [-0.25, -0.2) is 20.1 Å². The van der Waals surface area contributed by atoms with Gasteiger partial charge in [0, 0.05) is 24.6 Å². The Morgan fingerprint density at radius 1 is 1.27 bits per heavy atom. The van der Waals surface area contributed by atoms with Gasteiger partial charge in [0.05, 0.1) is 12.7 Å². The number of aliphatic hydroxyl groups excluding tert-OH is 1. The fourth-order valence-electron chi connectivity index (χ4n) is 3.73. The van der Waals surface area contributed by atoms with E-state index in [0.717, 1.165) is 11.4 Å². The summed E-state index contributed by atoms with van der Waals surface area (Å²) in [6, 6.07) is 9.68. The molecule has 2 aromatic heterocycles. The molecule has 0 amide bonds. The molecule has 3 atom stereocenters. The average molecular weight is 435 g/mol. The summed E-state index contributed by atoms with van der Waals surface area (Å²) in [5.74, 6) is 1.000. The maximum atomic E-state index is 11.0. The van der Waals surface area contributed by atoms with E-state index >= 15 is 0 Å². The number of anilines is 1. The van der Waals surface area contributed by atoms with Crippen LogP contribution in [0.15, 0.2) is 36.7 Å². The minimum absolute atomic E-state index is 0. The molecule has 11 heteroatoms. The molecule has 0 saturated heterocycles. The van der Waals surface area contributed by atoms with Crippen molar-refractivity contribution in [2.45, 2.75) is 32.4 Å². The van der Waals surface area contributed by atoms with Crippen LogP contribution >= 0.6 is 0 Å². The highest BCUT2D eigenvalue weighted by Crippen LogP contribution is 2.31.